The third kappa shape index (κ3) is 2.06. The molecule has 1 fully saturated rings. The SMILES string of the molecule is CCOC(=O)c1nc(C2(S(C)(=O)=O)CC2)ns1. The van der Waals surface area contributed by atoms with Crippen molar-refractivity contribution in [2.24, 2.45) is 0 Å². The van der Waals surface area contributed by atoms with E-state index in [1.807, 2.05) is 0 Å². The van der Waals surface area contributed by atoms with E-state index in [9.17, 15) is 13.2 Å². The molecular weight excluding hydrogens is 264 g/mol. The maximum absolute atomic E-state index is 11.6. The predicted molar refractivity (Wildman–Crippen MR) is 61.6 cm³/mol. The van der Waals surface area contributed by atoms with Gasteiger partial charge < -0.3 is 4.74 Å². The van der Waals surface area contributed by atoms with Crippen LogP contribution in [0.2, 0.25) is 0 Å². The molecule has 1 aliphatic rings. The zero-order valence-corrected chi connectivity index (χ0v) is 11.1. The number of hydrogen-bond donors (Lipinski definition) is 0. The standard InChI is InChI=1S/C9H12N2O4S2/c1-3-15-7(12)6-10-8(11-16-6)9(4-5-9)17(2,13)14/h3-5H2,1-2H3. The minimum atomic E-state index is -3.24. The first-order chi connectivity index (χ1) is 7.90. The van der Waals surface area contributed by atoms with Crippen molar-refractivity contribution in [1.82, 2.24) is 9.36 Å². The van der Waals surface area contributed by atoms with Crippen molar-refractivity contribution in [1.29, 1.82) is 0 Å². The van der Waals surface area contributed by atoms with Gasteiger partial charge in [-0.15, -0.1) is 0 Å². The highest BCUT2D eigenvalue weighted by Crippen LogP contribution is 2.51. The summed E-state index contributed by atoms with van der Waals surface area (Å²) in [5.41, 5.74) is 0. The lowest BCUT2D eigenvalue weighted by atomic mass is 10.4. The van der Waals surface area contributed by atoms with Crippen LogP contribution in [0.5, 0.6) is 0 Å². The fourth-order valence-corrected chi connectivity index (χ4v) is 3.53. The summed E-state index contributed by atoms with van der Waals surface area (Å²) in [7, 11) is -3.24. The lowest BCUT2D eigenvalue weighted by Crippen LogP contribution is -2.21. The Morgan fingerprint density at radius 3 is 2.65 bits per heavy atom. The molecule has 1 heterocycles. The molecule has 8 heteroatoms. The first-order valence-electron chi connectivity index (χ1n) is 5.11. The smallest absolute Gasteiger partial charge is 0.369 e. The maximum atomic E-state index is 11.6. The number of carbonyl (C=O) groups excluding carboxylic acids is 1. The summed E-state index contributed by atoms with van der Waals surface area (Å²) in [6.07, 6.45) is 2.21. The Hall–Kier alpha value is -1.02. The summed E-state index contributed by atoms with van der Waals surface area (Å²) in [4.78, 5) is 15.4. The highest BCUT2D eigenvalue weighted by Gasteiger charge is 2.57. The van der Waals surface area contributed by atoms with Crippen LogP contribution in [-0.4, -0.2) is 36.6 Å². The second kappa shape index (κ2) is 4.02. The van der Waals surface area contributed by atoms with Gasteiger partial charge in [0.05, 0.1) is 6.61 Å². The average Bonchev–Trinajstić information content (AvgIpc) is 2.91. The minimum absolute atomic E-state index is 0.108. The van der Waals surface area contributed by atoms with Crippen LogP contribution in [-0.2, 0) is 19.3 Å². The lowest BCUT2D eigenvalue weighted by molar-refractivity contribution is 0.0525. The number of ether oxygens (including phenoxy) is 1. The normalized spacial score (nSPS) is 17.8. The van der Waals surface area contributed by atoms with Gasteiger partial charge >= 0.3 is 5.97 Å². The van der Waals surface area contributed by atoms with E-state index >= 15 is 0 Å². The topological polar surface area (TPSA) is 86.2 Å². The third-order valence-corrected chi connectivity index (χ3v) is 5.40. The summed E-state index contributed by atoms with van der Waals surface area (Å²) in [6, 6.07) is 0. The van der Waals surface area contributed by atoms with Crippen molar-refractivity contribution in [3.8, 4) is 0 Å². The molecule has 0 N–H and O–H groups in total. The van der Waals surface area contributed by atoms with Gasteiger partial charge in [0.2, 0.25) is 5.01 Å². The molecule has 0 unspecified atom stereocenters. The molecule has 1 aromatic rings. The molecule has 1 aromatic heterocycles. The summed E-state index contributed by atoms with van der Waals surface area (Å²) >= 11 is 0.880. The van der Waals surface area contributed by atoms with E-state index in [1.54, 1.807) is 6.92 Å². The van der Waals surface area contributed by atoms with Crippen LogP contribution >= 0.6 is 11.5 Å². The zero-order chi connectivity index (χ0) is 12.7. The van der Waals surface area contributed by atoms with Crippen LogP contribution in [0.3, 0.4) is 0 Å². The highest BCUT2D eigenvalue weighted by atomic mass is 32.2. The van der Waals surface area contributed by atoms with Crippen LogP contribution in [0.25, 0.3) is 0 Å². The minimum Gasteiger partial charge on any atom is -0.461 e. The van der Waals surface area contributed by atoms with E-state index in [-0.39, 0.29) is 17.4 Å². The van der Waals surface area contributed by atoms with Gasteiger partial charge in [0.15, 0.2) is 15.7 Å². The van der Waals surface area contributed by atoms with Gasteiger partial charge in [-0.2, -0.15) is 4.37 Å². The molecule has 0 amide bonds. The molecule has 94 valence electrons. The van der Waals surface area contributed by atoms with Crippen LogP contribution in [0.4, 0.5) is 0 Å². The Bertz CT molecular complexity index is 545. The van der Waals surface area contributed by atoms with Crippen molar-refractivity contribution >= 4 is 27.3 Å². The van der Waals surface area contributed by atoms with E-state index in [2.05, 4.69) is 9.36 Å². The molecule has 0 aliphatic heterocycles. The van der Waals surface area contributed by atoms with Gasteiger partial charge in [0.1, 0.15) is 4.75 Å². The number of esters is 1. The Morgan fingerprint density at radius 2 is 2.18 bits per heavy atom. The van der Waals surface area contributed by atoms with Crippen molar-refractivity contribution in [3.05, 3.63) is 10.8 Å². The highest BCUT2D eigenvalue weighted by molar-refractivity contribution is 7.91. The fourth-order valence-electron chi connectivity index (χ4n) is 1.56. The molecule has 0 radical (unpaired) electrons. The molecule has 1 saturated carbocycles. The van der Waals surface area contributed by atoms with Gasteiger partial charge in [-0.1, -0.05) is 0 Å². The quantitative estimate of drug-likeness (QED) is 0.754. The molecule has 0 aromatic carbocycles. The first-order valence-corrected chi connectivity index (χ1v) is 7.78. The summed E-state index contributed by atoms with van der Waals surface area (Å²) in [5.74, 6) is -0.325. The zero-order valence-electron chi connectivity index (χ0n) is 9.47. The number of carbonyl (C=O) groups is 1. The predicted octanol–water partition coefficient (Wildman–Crippen LogP) is 0.749. The average molecular weight is 276 g/mol. The second-order valence-corrected chi connectivity index (χ2v) is 6.99. The number of sulfone groups is 1. The molecule has 17 heavy (non-hydrogen) atoms. The van der Waals surface area contributed by atoms with Crippen molar-refractivity contribution < 1.29 is 17.9 Å². The molecule has 0 saturated heterocycles. The molecule has 2 rings (SSSR count). The number of rotatable bonds is 4. The number of nitrogens with zero attached hydrogens (tertiary/aromatic N) is 2. The monoisotopic (exact) mass is 276 g/mol. The maximum Gasteiger partial charge on any atom is 0.369 e. The summed E-state index contributed by atoms with van der Waals surface area (Å²) in [5, 5.41) is 0.108. The summed E-state index contributed by atoms with van der Waals surface area (Å²) in [6.45, 7) is 1.95. The van der Waals surface area contributed by atoms with E-state index in [1.165, 1.54) is 6.26 Å². The molecular formula is C9H12N2O4S2. The van der Waals surface area contributed by atoms with Crippen molar-refractivity contribution in [3.63, 3.8) is 0 Å². The molecule has 1 aliphatic carbocycles. The van der Waals surface area contributed by atoms with E-state index in [4.69, 9.17) is 4.74 Å². The van der Waals surface area contributed by atoms with Crippen LogP contribution in [0, 0.1) is 0 Å². The Balaban J connectivity index is 2.29. The Kier molecular flexibility index (Phi) is 2.94. The molecule has 0 bridgehead atoms. The van der Waals surface area contributed by atoms with E-state index < -0.39 is 20.6 Å². The molecule has 0 spiro atoms. The van der Waals surface area contributed by atoms with E-state index in [0.29, 0.717) is 12.8 Å². The van der Waals surface area contributed by atoms with Crippen LogP contribution in [0.15, 0.2) is 0 Å². The van der Waals surface area contributed by atoms with Crippen molar-refractivity contribution in [2.75, 3.05) is 12.9 Å². The molecule has 6 nitrogen and oxygen atoms in total. The van der Waals surface area contributed by atoms with Gasteiger partial charge in [-0.3, -0.25) is 0 Å². The van der Waals surface area contributed by atoms with Gasteiger partial charge in [-0.05, 0) is 31.3 Å². The van der Waals surface area contributed by atoms with Gasteiger partial charge in [0.25, 0.3) is 0 Å². The molecule has 0 atom stereocenters. The first kappa shape index (κ1) is 12.4. The lowest BCUT2D eigenvalue weighted by Gasteiger charge is -2.07. The Labute approximate surface area is 103 Å². The summed E-state index contributed by atoms with van der Waals surface area (Å²) < 4.78 is 31.0. The van der Waals surface area contributed by atoms with Gasteiger partial charge in [-0.25, -0.2) is 18.2 Å². The fraction of sp³-hybridized carbons (Fsp3) is 0.667. The largest absolute Gasteiger partial charge is 0.461 e. The van der Waals surface area contributed by atoms with Crippen LogP contribution < -0.4 is 0 Å². The van der Waals surface area contributed by atoms with Crippen LogP contribution in [0.1, 0.15) is 35.4 Å². The number of hydrogen-bond acceptors (Lipinski definition) is 7. The van der Waals surface area contributed by atoms with E-state index in [0.717, 1.165) is 11.5 Å². The second-order valence-electron chi connectivity index (χ2n) is 3.91. The van der Waals surface area contributed by atoms with Gasteiger partial charge in [0, 0.05) is 6.26 Å². The third-order valence-electron chi connectivity index (χ3n) is 2.70. The van der Waals surface area contributed by atoms with Crippen molar-refractivity contribution in [2.45, 2.75) is 24.5 Å². The Morgan fingerprint density at radius 1 is 1.53 bits per heavy atom. The number of aromatic nitrogens is 2.